The third-order valence-electron chi connectivity index (χ3n) is 2.12. The van der Waals surface area contributed by atoms with Gasteiger partial charge in [0.2, 0.25) is 0 Å². The Morgan fingerprint density at radius 1 is 1.57 bits per heavy atom. The Labute approximate surface area is 85.0 Å². The van der Waals surface area contributed by atoms with Crippen molar-refractivity contribution in [2.45, 2.75) is 6.42 Å². The average molecular weight is 204 g/mol. The Kier molecular flexibility index (Phi) is 2.02. The number of nitriles is 1. The van der Waals surface area contributed by atoms with Crippen molar-refractivity contribution in [2.75, 3.05) is 5.73 Å². The van der Waals surface area contributed by atoms with Crippen molar-refractivity contribution >= 4 is 27.1 Å². The molecule has 2 aromatic rings. The number of anilines is 1. The van der Waals surface area contributed by atoms with E-state index in [0.29, 0.717) is 11.3 Å². The Balaban J connectivity index is 2.77. The van der Waals surface area contributed by atoms with Crippen LogP contribution in [0.3, 0.4) is 0 Å². The second kappa shape index (κ2) is 3.20. The zero-order chi connectivity index (χ0) is 10.1. The van der Waals surface area contributed by atoms with Gasteiger partial charge in [0, 0.05) is 5.56 Å². The Hall–Kier alpha value is -1.73. The number of hydrogen-bond acceptors (Lipinski definition) is 4. The van der Waals surface area contributed by atoms with Gasteiger partial charge < -0.3 is 10.8 Å². The van der Waals surface area contributed by atoms with Gasteiger partial charge in [-0.05, 0) is 22.9 Å². The fourth-order valence-electron chi connectivity index (χ4n) is 1.43. The minimum Gasteiger partial charge on any atom is -0.508 e. The van der Waals surface area contributed by atoms with Gasteiger partial charge in [0.1, 0.15) is 5.75 Å². The molecule has 0 aliphatic rings. The van der Waals surface area contributed by atoms with Crippen LogP contribution in [-0.4, -0.2) is 5.11 Å². The first-order chi connectivity index (χ1) is 6.74. The number of thiophene rings is 1. The third-order valence-corrected chi connectivity index (χ3v) is 3.09. The molecule has 14 heavy (non-hydrogen) atoms. The largest absolute Gasteiger partial charge is 0.508 e. The lowest BCUT2D eigenvalue weighted by Gasteiger charge is -2.05. The van der Waals surface area contributed by atoms with E-state index in [2.05, 4.69) is 0 Å². The van der Waals surface area contributed by atoms with Gasteiger partial charge in [-0.3, -0.25) is 0 Å². The lowest BCUT2D eigenvalue weighted by molar-refractivity contribution is 0.471. The number of phenols is 1. The topological polar surface area (TPSA) is 70.0 Å². The number of hydrogen-bond donors (Lipinski definition) is 2. The molecule has 0 fully saturated rings. The number of nitrogens with zero attached hydrogens (tertiary/aromatic N) is 1. The normalized spacial score (nSPS) is 10.2. The molecule has 0 spiro atoms. The lowest BCUT2D eigenvalue weighted by atomic mass is 10.1. The van der Waals surface area contributed by atoms with Crippen molar-refractivity contribution in [1.29, 1.82) is 5.26 Å². The van der Waals surface area contributed by atoms with Gasteiger partial charge in [0.15, 0.2) is 0 Å². The first-order valence-electron chi connectivity index (χ1n) is 4.08. The van der Waals surface area contributed by atoms with Crippen LogP contribution in [0.2, 0.25) is 0 Å². The molecule has 1 aromatic carbocycles. The fraction of sp³-hybridized carbons (Fsp3) is 0.100. The SMILES string of the molecule is N#CCc1c(O)cc2ccsc2c1N. The number of benzene rings is 1. The summed E-state index contributed by atoms with van der Waals surface area (Å²) in [7, 11) is 0. The van der Waals surface area contributed by atoms with E-state index in [1.807, 2.05) is 17.5 Å². The van der Waals surface area contributed by atoms with Gasteiger partial charge in [-0.25, -0.2) is 0 Å². The predicted molar refractivity (Wildman–Crippen MR) is 57.2 cm³/mol. The van der Waals surface area contributed by atoms with Crippen molar-refractivity contribution in [3.05, 3.63) is 23.1 Å². The number of nitrogen functional groups attached to an aromatic ring is 1. The van der Waals surface area contributed by atoms with Gasteiger partial charge >= 0.3 is 0 Å². The molecule has 0 atom stereocenters. The smallest absolute Gasteiger partial charge is 0.122 e. The van der Waals surface area contributed by atoms with Crippen LogP contribution in [0.1, 0.15) is 5.56 Å². The molecule has 0 amide bonds. The average Bonchev–Trinajstić information content (AvgIpc) is 2.60. The van der Waals surface area contributed by atoms with Crippen LogP contribution >= 0.6 is 11.3 Å². The second-order valence-corrected chi connectivity index (χ2v) is 3.88. The predicted octanol–water partition coefficient (Wildman–Crippen LogP) is 2.26. The van der Waals surface area contributed by atoms with Crippen LogP contribution < -0.4 is 5.73 Å². The van der Waals surface area contributed by atoms with Crippen molar-refractivity contribution in [3.63, 3.8) is 0 Å². The molecule has 1 aromatic heterocycles. The van der Waals surface area contributed by atoms with Gasteiger partial charge in [-0.2, -0.15) is 5.26 Å². The molecule has 0 saturated carbocycles. The van der Waals surface area contributed by atoms with E-state index in [1.165, 1.54) is 11.3 Å². The van der Waals surface area contributed by atoms with Crippen LogP contribution in [0.25, 0.3) is 10.1 Å². The van der Waals surface area contributed by atoms with E-state index < -0.39 is 0 Å². The van der Waals surface area contributed by atoms with E-state index in [9.17, 15) is 5.11 Å². The summed E-state index contributed by atoms with van der Waals surface area (Å²) >= 11 is 1.52. The van der Waals surface area contributed by atoms with Gasteiger partial charge in [-0.1, -0.05) is 0 Å². The molecule has 3 N–H and O–H groups in total. The quantitative estimate of drug-likeness (QED) is 0.700. The highest BCUT2D eigenvalue weighted by Gasteiger charge is 2.10. The molecule has 0 aliphatic carbocycles. The zero-order valence-corrected chi connectivity index (χ0v) is 8.14. The molecule has 1 heterocycles. The molecular weight excluding hydrogens is 196 g/mol. The zero-order valence-electron chi connectivity index (χ0n) is 7.32. The third kappa shape index (κ3) is 1.19. The standard InChI is InChI=1S/C10H8N2OS/c11-3-1-7-8(13)5-6-2-4-14-10(6)9(7)12/h2,4-5,13H,1,12H2. The Morgan fingerprint density at radius 3 is 3.07 bits per heavy atom. The van der Waals surface area contributed by atoms with E-state index in [4.69, 9.17) is 11.0 Å². The van der Waals surface area contributed by atoms with E-state index >= 15 is 0 Å². The minimum atomic E-state index is 0.106. The molecule has 2 rings (SSSR count). The maximum absolute atomic E-state index is 9.61. The summed E-state index contributed by atoms with van der Waals surface area (Å²) in [5.74, 6) is 0.106. The van der Waals surface area contributed by atoms with Crippen LogP contribution in [0, 0.1) is 11.3 Å². The van der Waals surface area contributed by atoms with Crippen molar-refractivity contribution < 1.29 is 5.11 Å². The Morgan fingerprint density at radius 2 is 2.36 bits per heavy atom. The number of rotatable bonds is 1. The van der Waals surface area contributed by atoms with Gasteiger partial charge in [-0.15, -0.1) is 11.3 Å². The summed E-state index contributed by atoms with van der Waals surface area (Å²) in [5, 5.41) is 21.0. The summed E-state index contributed by atoms with van der Waals surface area (Å²) in [4.78, 5) is 0. The van der Waals surface area contributed by atoms with E-state index in [-0.39, 0.29) is 12.2 Å². The van der Waals surface area contributed by atoms with Crippen LogP contribution in [0.4, 0.5) is 5.69 Å². The van der Waals surface area contributed by atoms with Crippen molar-refractivity contribution in [3.8, 4) is 11.8 Å². The maximum Gasteiger partial charge on any atom is 0.122 e. The molecule has 0 aliphatic heterocycles. The van der Waals surface area contributed by atoms with E-state index in [0.717, 1.165) is 10.1 Å². The Bertz CT molecular complexity index is 525. The van der Waals surface area contributed by atoms with Crippen molar-refractivity contribution in [1.82, 2.24) is 0 Å². The number of aromatic hydroxyl groups is 1. The second-order valence-electron chi connectivity index (χ2n) is 2.96. The summed E-state index contributed by atoms with van der Waals surface area (Å²) in [6.45, 7) is 0. The molecule has 70 valence electrons. The van der Waals surface area contributed by atoms with Crippen LogP contribution in [-0.2, 0) is 6.42 Å². The van der Waals surface area contributed by atoms with Crippen molar-refractivity contribution in [2.24, 2.45) is 0 Å². The molecule has 0 unspecified atom stereocenters. The lowest BCUT2D eigenvalue weighted by Crippen LogP contribution is -1.94. The van der Waals surface area contributed by atoms with Crippen LogP contribution in [0.15, 0.2) is 17.5 Å². The minimum absolute atomic E-state index is 0.106. The molecule has 3 nitrogen and oxygen atoms in total. The first kappa shape index (κ1) is 8.85. The van der Waals surface area contributed by atoms with E-state index in [1.54, 1.807) is 6.07 Å². The highest BCUT2D eigenvalue weighted by Crippen LogP contribution is 2.35. The number of fused-ring (bicyclic) bond motifs is 1. The first-order valence-corrected chi connectivity index (χ1v) is 4.96. The summed E-state index contributed by atoms with van der Waals surface area (Å²) in [6.07, 6.45) is 0.144. The molecule has 4 heteroatoms. The highest BCUT2D eigenvalue weighted by atomic mass is 32.1. The van der Waals surface area contributed by atoms with Gasteiger partial charge in [0.05, 0.1) is 22.9 Å². The number of nitrogens with two attached hydrogens (primary N) is 1. The maximum atomic E-state index is 9.61. The monoisotopic (exact) mass is 204 g/mol. The van der Waals surface area contributed by atoms with Crippen LogP contribution in [0.5, 0.6) is 5.75 Å². The molecule has 0 bridgehead atoms. The molecular formula is C10H8N2OS. The summed E-state index contributed by atoms with van der Waals surface area (Å²) in [6, 6.07) is 5.53. The molecule has 0 saturated heterocycles. The van der Waals surface area contributed by atoms with Gasteiger partial charge in [0.25, 0.3) is 0 Å². The summed E-state index contributed by atoms with van der Waals surface area (Å²) in [5.41, 5.74) is 6.90. The summed E-state index contributed by atoms with van der Waals surface area (Å²) < 4.78 is 0.938. The molecule has 0 radical (unpaired) electrons. The number of phenolic OH excluding ortho intramolecular Hbond substituents is 1. The highest BCUT2D eigenvalue weighted by molar-refractivity contribution is 7.17. The fourth-order valence-corrected chi connectivity index (χ4v) is 2.29.